The molecule has 0 radical (unpaired) electrons. The summed E-state index contributed by atoms with van der Waals surface area (Å²) in [7, 11) is -7.90. The van der Waals surface area contributed by atoms with Gasteiger partial charge in [-0.3, -0.25) is 0 Å². The summed E-state index contributed by atoms with van der Waals surface area (Å²) >= 11 is 12.1. The Bertz CT molecular complexity index is 1350. The van der Waals surface area contributed by atoms with Crippen molar-refractivity contribution < 1.29 is 31.0 Å². The van der Waals surface area contributed by atoms with E-state index < -0.39 is 20.0 Å². The van der Waals surface area contributed by atoms with E-state index in [1.807, 2.05) is 0 Å². The first kappa shape index (κ1) is 27.6. The lowest BCUT2D eigenvalue weighted by atomic mass is 10.1. The first-order valence-corrected chi connectivity index (χ1v) is 14.9. The van der Waals surface area contributed by atoms with E-state index in [2.05, 4.69) is 9.44 Å². The van der Waals surface area contributed by atoms with Crippen molar-refractivity contribution in [2.45, 2.75) is 22.9 Å². The van der Waals surface area contributed by atoms with Crippen molar-refractivity contribution >= 4 is 43.2 Å². The molecule has 13 heteroatoms. The number of fused-ring (bicyclic) bond motifs is 12. The Hall–Kier alpha value is -2.38. The van der Waals surface area contributed by atoms with Gasteiger partial charge in [-0.1, -0.05) is 47.5 Å². The van der Waals surface area contributed by atoms with E-state index >= 15 is 0 Å². The highest BCUT2D eigenvalue weighted by atomic mass is 35.5. The van der Waals surface area contributed by atoms with E-state index in [-0.39, 0.29) is 70.9 Å². The van der Waals surface area contributed by atoms with E-state index in [9.17, 15) is 16.8 Å². The van der Waals surface area contributed by atoms with Crippen molar-refractivity contribution in [3.63, 3.8) is 0 Å². The van der Waals surface area contributed by atoms with Crippen LogP contribution in [0.1, 0.15) is 11.1 Å². The fourth-order valence-electron chi connectivity index (χ4n) is 3.43. The molecule has 0 fully saturated rings. The lowest BCUT2D eigenvalue weighted by Gasteiger charge is -2.14. The molecule has 5 rings (SSSR count). The van der Waals surface area contributed by atoms with Crippen molar-refractivity contribution in [2.24, 2.45) is 0 Å². The van der Waals surface area contributed by atoms with Gasteiger partial charge in [-0.25, -0.2) is 26.3 Å². The van der Waals surface area contributed by atoms with Crippen LogP contribution < -0.4 is 18.9 Å². The highest BCUT2D eigenvalue weighted by molar-refractivity contribution is 7.89. The molecule has 3 aromatic carbocycles. The van der Waals surface area contributed by atoms with Crippen LogP contribution >= 0.6 is 23.2 Å². The van der Waals surface area contributed by atoms with Crippen LogP contribution in [0, 0.1) is 0 Å². The fourth-order valence-corrected chi connectivity index (χ4v) is 6.28. The molecule has 2 aliphatic rings. The molecule has 0 spiro atoms. The standard InChI is InChI=1S/C24H24Cl2N2O7S2/c25-19-5-7-21-23(13-19)36(29,30)27-15-17-1-2-18(4-3-17)16-28-37(31,32)24-14-20(26)6-8-22(24)35-12-10-33-9-11-34-21/h1-8,13-14,27-28H,9-12,15-16H2. The second kappa shape index (κ2) is 12.0. The normalized spacial score (nSPS) is 18.3. The summed E-state index contributed by atoms with van der Waals surface area (Å²) in [5.41, 5.74) is 1.34. The average molecular weight is 588 g/mol. The Morgan fingerprint density at radius 1 is 0.595 bits per heavy atom. The molecule has 0 saturated heterocycles. The van der Waals surface area contributed by atoms with Crippen LogP contribution in [0.15, 0.2) is 70.5 Å². The summed E-state index contributed by atoms with van der Waals surface area (Å²) in [5.74, 6) is 0.278. The molecule has 0 aliphatic carbocycles. The molecule has 37 heavy (non-hydrogen) atoms. The van der Waals surface area contributed by atoms with Gasteiger partial charge in [0, 0.05) is 23.1 Å². The van der Waals surface area contributed by atoms with Gasteiger partial charge >= 0.3 is 0 Å². The number of hydrogen-bond acceptors (Lipinski definition) is 7. The molecule has 0 unspecified atom stereocenters. The number of sulfonamides is 2. The molecule has 0 aromatic heterocycles. The average Bonchev–Trinajstić information content (AvgIpc) is 2.87. The Labute approximate surface area is 225 Å². The summed E-state index contributed by atoms with van der Waals surface area (Å²) in [6, 6.07) is 15.5. The van der Waals surface area contributed by atoms with Crippen LogP contribution in [-0.4, -0.2) is 43.3 Å². The predicted octanol–water partition coefficient (Wildman–Crippen LogP) is 3.74. The van der Waals surface area contributed by atoms with Gasteiger partial charge in [0.2, 0.25) is 20.0 Å². The lowest BCUT2D eigenvalue weighted by Crippen LogP contribution is -2.24. The highest BCUT2D eigenvalue weighted by Gasteiger charge is 2.22. The Kier molecular flexibility index (Phi) is 8.96. The van der Waals surface area contributed by atoms with Crippen molar-refractivity contribution in [2.75, 3.05) is 26.4 Å². The molecule has 9 nitrogen and oxygen atoms in total. The van der Waals surface area contributed by atoms with Crippen LogP contribution in [0.25, 0.3) is 0 Å². The number of ether oxygens (including phenoxy) is 3. The molecule has 2 N–H and O–H groups in total. The predicted molar refractivity (Wildman–Crippen MR) is 139 cm³/mol. The van der Waals surface area contributed by atoms with Crippen molar-refractivity contribution in [1.29, 1.82) is 0 Å². The Balaban J connectivity index is 1.60. The molecule has 198 valence electrons. The van der Waals surface area contributed by atoms with E-state index in [4.69, 9.17) is 37.4 Å². The van der Waals surface area contributed by atoms with E-state index in [1.165, 1.54) is 36.4 Å². The summed E-state index contributed by atoms with van der Waals surface area (Å²) in [5, 5.41) is 0.500. The molecule has 0 atom stereocenters. The van der Waals surface area contributed by atoms with Gasteiger partial charge in [0.05, 0.1) is 13.2 Å². The van der Waals surface area contributed by atoms with E-state index in [0.29, 0.717) is 11.1 Å². The third kappa shape index (κ3) is 7.35. The molecule has 3 aromatic rings. The van der Waals surface area contributed by atoms with Gasteiger partial charge in [0.1, 0.15) is 34.5 Å². The van der Waals surface area contributed by atoms with Gasteiger partial charge in [-0.15, -0.1) is 0 Å². The van der Waals surface area contributed by atoms with Crippen molar-refractivity contribution in [3.8, 4) is 11.5 Å². The number of rotatable bonds is 0. The largest absolute Gasteiger partial charge is 0.490 e. The summed E-state index contributed by atoms with van der Waals surface area (Å²) in [6.45, 7) is 0.419. The maximum Gasteiger partial charge on any atom is 0.244 e. The second-order valence-corrected chi connectivity index (χ2v) is 12.3. The molecular weight excluding hydrogens is 563 g/mol. The summed E-state index contributed by atoms with van der Waals surface area (Å²) in [6.07, 6.45) is 0. The zero-order valence-electron chi connectivity index (χ0n) is 19.4. The van der Waals surface area contributed by atoms with Crippen LogP contribution in [0.4, 0.5) is 0 Å². The van der Waals surface area contributed by atoms with Crippen LogP contribution in [-0.2, 0) is 37.9 Å². The van der Waals surface area contributed by atoms with Gasteiger partial charge in [0.15, 0.2) is 0 Å². The maximum atomic E-state index is 13.0. The maximum absolute atomic E-state index is 13.0. The van der Waals surface area contributed by atoms with Gasteiger partial charge in [-0.2, -0.15) is 0 Å². The fraction of sp³-hybridized carbons (Fsp3) is 0.250. The number of halogens is 2. The molecule has 0 amide bonds. The molecule has 2 bridgehead atoms. The zero-order chi connectivity index (χ0) is 26.5. The van der Waals surface area contributed by atoms with E-state index in [1.54, 1.807) is 24.3 Å². The minimum absolute atomic E-state index is 0.00657. The second-order valence-electron chi connectivity index (χ2n) is 7.96. The van der Waals surface area contributed by atoms with E-state index in [0.717, 1.165) is 0 Å². The number of benzene rings is 3. The van der Waals surface area contributed by atoms with Crippen molar-refractivity contribution in [1.82, 2.24) is 9.44 Å². The summed E-state index contributed by atoms with van der Waals surface area (Å²) in [4.78, 5) is -0.175. The Morgan fingerprint density at radius 3 is 1.41 bits per heavy atom. The zero-order valence-corrected chi connectivity index (χ0v) is 22.6. The smallest absolute Gasteiger partial charge is 0.244 e. The third-order valence-corrected chi connectivity index (χ3v) is 8.63. The van der Waals surface area contributed by atoms with Crippen LogP contribution in [0.3, 0.4) is 0 Å². The Morgan fingerprint density at radius 2 is 1.00 bits per heavy atom. The quantitative estimate of drug-likeness (QED) is 0.385. The molecule has 0 saturated carbocycles. The van der Waals surface area contributed by atoms with Crippen LogP contribution in [0.5, 0.6) is 11.5 Å². The molecular formula is C24H24Cl2N2O7S2. The SMILES string of the molecule is O=S1(=O)NCc2ccc(cc2)CNS(=O)(=O)c2cc(Cl)ccc2OCCOCCOc2ccc(Cl)cc21. The third-order valence-electron chi connectivity index (χ3n) is 5.32. The van der Waals surface area contributed by atoms with Gasteiger partial charge < -0.3 is 14.2 Å². The van der Waals surface area contributed by atoms with Crippen LogP contribution in [0.2, 0.25) is 10.0 Å². The molecule has 2 aliphatic heterocycles. The topological polar surface area (TPSA) is 120 Å². The van der Waals surface area contributed by atoms with Gasteiger partial charge in [-0.05, 0) is 47.5 Å². The summed E-state index contributed by atoms with van der Waals surface area (Å²) < 4.78 is 73.8. The minimum atomic E-state index is -3.95. The molecule has 2 heterocycles. The number of hydrogen-bond donors (Lipinski definition) is 2. The number of nitrogens with one attached hydrogen (secondary N) is 2. The highest BCUT2D eigenvalue weighted by Crippen LogP contribution is 2.29. The van der Waals surface area contributed by atoms with Crippen molar-refractivity contribution in [3.05, 3.63) is 81.8 Å². The lowest BCUT2D eigenvalue weighted by molar-refractivity contribution is 0.0750. The first-order chi connectivity index (χ1) is 17.6. The first-order valence-electron chi connectivity index (χ1n) is 11.1. The minimum Gasteiger partial charge on any atom is -0.490 e. The van der Waals surface area contributed by atoms with Gasteiger partial charge in [0.25, 0.3) is 0 Å². The monoisotopic (exact) mass is 586 g/mol.